The van der Waals surface area contributed by atoms with Gasteiger partial charge in [0, 0.05) is 21.1 Å². The lowest BCUT2D eigenvalue weighted by molar-refractivity contribution is -0.113. The highest BCUT2D eigenvalue weighted by molar-refractivity contribution is 7.99. The molecule has 0 atom stereocenters. The van der Waals surface area contributed by atoms with E-state index in [9.17, 15) is 4.79 Å². The summed E-state index contributed by atoms with van der Waals surface area (Å²) in [5.41, 5.74) is 2.80. The Morgan fingerprint density at radius 3 is 2.54 bits per heavy atom. The van der Waals surface area contributed by atoms with Gasteiger partial charge < -0.3 is 9.84 Å². The molecule has 4 nitrogen and oxygen atoms in total. The standard InChI is InChI=1S/C20H20N2O2S2/c1-14-17(15(2)24-22-14)12-25-13-20(23)21-18-10-6-7-11-19(18)26-16-8-4-3-5-9-16/h3-11H,12-13H2,1-2H3,(H,21,23). The van der Waals surface area contributed by atoms with E-state index < -0.39 is 0 Å². The summed E-state index contributed by atoms with van der Waals surface area (Å²) in [7, 11) is 0. The van der Waals surface area contributed by atoms with Crippen LogP contribution in [0.25, 0.3) is 0 Å². The molecule has 1 aromatic heterocycles. The van der Waals surface area contributed by atoms with E-state index in [-0.39, 0.29) is 5.91 Å². The first-order valence-electron chi connectivity index (χ1n) is 8.25. The van der Waals surface area contributed by atoms with Gasteiger partial charge in [-0.05, 0) is 38.1 Å². The Hall–Kier alpha value is -2.18. The van der Waals surface area contributed by atoms with Gasteiger partial charge in [-0.15, -0.1) is 11.8 Å². The van der Waals surface area contributed by atoms with Crippen LogP contribution < -0.4 is 5.32 Å². The van der Waals surface area contributed by atoms with E-state index in [2.05, 4.69) is 22.6 Å². The Morgan fingerprint density at radius 2 is 1.81 bits per heavy atom. The maximum atomic E-state index is 12.3. The Morgan fingerprint density at radius 1 is 1.08 bits per heavy atom. The molecular weight excluding hydrogens is 364 g/mol. The molecule has 0 aliphatic carbocycles. The monoisotopic (exact) mass is 384 g/mol. The molecule has 3 aromatic rings. The highest BCUT2D eigenvalue weighted by atomic mass is 32.2. The molecule has 0 spiro atoms. The van der Waals surface area contributed by atoms with Gasteiger partial charge in [0.1, 0.15) is 5.76 Å². The molecule has 0 saturated heterocycles. The Bertz CT molecular complexity index is 859. The summed E-state index contributed by atoms with van der Waals surface area (Å²) >= 11 is 3.20. The summed E-state index contributed by atoms with van der Waals surface area (Å²) in [4.78, 5) is 14.5. The van der Waals surface area contributed by atoms with Crippen molar-refractivity contribution in [3.05, 3.63) is 71.6 Å². The zero-order chi connectivity index (χ0) is 18.4. The largest absolute Gasteiger partial charge is 0.361 e. The van der Waals surface area contributed by atoms with Crippen LogP contribution in [-0.2, 0) is 10.5 Å². The minimum atomic E-state index is -0.0112. The molecular formula is C20H20N2O2S2. The Labute approximate surface area is 161 Å². The van der Waals surface area contributed by atoms with E-state index in [1.807, 2.05) is 56.3 Å². The molecule has 6 heteroatoms. The van der Waals surface area contributed by atoms with E-state index in [4.69, 9.17) is 4.52 Å². The zero-order valence-corrected chi connectivity index (χ0v) is 16.3. The van der Waals surface area contributed by atoms with Gasteiger partial charge in [-0.3, -0.25) is 4.79 Å². The third kappa shape index (κ3) is 4.93. The van der Waals surface area contributed by atoms with Crippen LogP contribution in [0.15, 0.2) is 68.9 Å². The summed E-state index contributed by atoms with van der Waals surface area (Å²) in [6, 6.07) is 18.0. The van der Waals surface area contributed by atoms with Crippen molar-refractivity contribution >= 4 is 35.1 Å². The molecule has 0 bridgehead atoms. The molecule has 1 N–H and O–H groups in total. The van der Waals surface area contributed by atoms with Crippen LogP contribution in [-0.4, -0.2) is 16.8 Å². The third-order valence-corrected chi connectivity index (χ3v) is 5.84. The van der Waals surface area contributed by atoms with Crippen molar-refractivity contribution in [3.63, 3.8) is 0 Å². The molecule has 3 rings (SSSR count). The van der Waals surface area contributed by atoms with E-state index in [0.29, 0.717) is 5.75 Å². The second-order valence-corrected chi connectivity index (χ2v) is 7.86. The number of nitrogens with one attached hydrogen (secondary N) is 1. The average molecular weight is 385 g/mol. The number of hydrogen-bond acceptors (Lipinski definition) is 5. The number of amides is 1. The first kappa shape index (κ1) is 18.6. The van der Waals surface area contributed by atoms with Crippen LogP contribution in [0.2, 0.25) is 0 Å². The summed E-state index contributed by atoms with van der Waals surface area (Å²) in [5, 5.41) is 6.96. The number of rotatable bonds is 7. The van der Waals surface area contributed by atoms with Crippen molar-refractivity contribution in [3.8, 4) is 0 Å². The van der Waals surface area contributed by atoms with Gasteiger partial charge in [0.2, 0.25) is 5.91 Å². The molecule has 0 radical (unpaired) electrons. The first-order valence-corrected chi connectivity index (χ1v) is 10.2. The second-order valence-electron chi connectivity index (χ2n) is 5.75. The fourth-order valence-corrected chi connectivity index (χ4v) is 4.31. The minimum absolute atomic E-state index is 0.0112. The quantitative estimate of drug-likeness (QED) is 0.598. The van der Waals surface area contributed by atoms with Crippen LogP contribution >= 0.6 is 23.5 Å². The van der Waals surface area contributed by atoms with Crippen molar-refractivity contribution < 1.29 is 9.32 Å². The molecule has 2 aromatic carbocycles. The van der Waals surface area contributed by atoms with Crippen LogP contribution in [0, 0.1) is 13.8 Å². The van der Waals surface area contributed by atoms with Gasteiger partial charge in [-0.25, -0.2) is 0 Å². The summed E-state index contributed by atoms with van der Waals surface area (Å²) < 4.78 is 5.15. The number of aromatic nitrogens is 1. The van der Waals surface area contributed by atoms with Gasteiger partial charge in [0.15, 0.2) is 0 Å². The topological polar surface area (TPSA) is 55.1 Å². The number of aryl methyl sites for hydroxylation is 2. The number of thioether (sulfide) groups is 1. The zero-order valence-electron chi connectivity index (χ0n) is 14.7. The first-order chi connectivity index (χ1) is 12.6. The van der Waals surface area contributed by atoms with Crippen LogP contribution in [0.5, 0.6) is 0 Å². The van der Waals surface area contributed by atoms with Gasteiger partial charge in [0.05, 0.1) is 17.1 Å². The lowest BCUT2D eigenvalue weighted by Gasteiger charge is -2.10. The normalized spacial score (nSPS) is 10.7. The van der Waals surface area contributed by atoms with Gasteiger partial charge in [-0.1, -0.05) is 47.3 Å². The maximum absolute atomic E-state index is 12.3. The average Bonchev–Trinajstić information content (AvgIpc) is 2.96. The fourth-order valence-electron chi connectivity index (χ4n) is 2.41. The second kappa shape index (κ2) is 8.96. The lowest BCUT2D eigenvalue weighted by atomic mass is 10.2. The van der Waals surface area contributed by atoms with Crippen LogP contribution in [0.1, 0.15) is 17.0 Å². The number of carbonyl (C=O) groups excluding carboxylic acids is 1. The number of para-hydroxylation sites is 1. The number of carbonyl (C=O) groups is 1. The van der Waals surface area contributed by atoms with Gasteiger partial charge in [0.25, 0.3) is 0 Å². The Balaban J connectivity index is 1.57. The summed E-state index contributed by atoms with van der Waals surface area (Å²) in [6.07, 6.45) is 0. The van der Waals surface area contributed by atoms with E-state index in [1.165, 1.54) is 0 Å². The van der Waals surface area contributed by atoms with Crippen molar-refractivity contribution in [1.29, 1.82) is 0 Å². The van der Waals surface area contributed by atoms with Gasteiger partial charge >= 0.3 is 0 Å². The van der Waals surface area contributed by atoms with Crippen molar-refractivity contribution in [1.82, 2.24) is 5.16 Å². The third-order valence-electron chi connectivity index (χ3n) is 3.79. The molecule has 0 aliphatic rings. The number of hydrogen-bond donors (Lipinski definition) is 1. The summed E-state index contributed by atoms with van der Waals surface area (Å²) in [5.74, 6) is 1.91. The molecule has 0 aliphatic heterocycles. The SMILES string of the molecule is Cc1noc(C)c1CSCC(=O)Nc1ccccc1Sc1ccccc1. The van der Waals surface area contributed by atoms with E-state index in [1.54, 1.807) is 23.5 Å². The van der Waals surface area contributed by atoms with E-state index in [0.717, 1.165) is 38.2 Å². The van der Waals surface area contributed by atoms with Gasteiger partial charge in [-0.2, -0.15) is 0 Å². The molecule has 0 unspecified atom stereocenters. The Kier molecular flexibility index (Phi) is 6.41. The highest BCUT2D eigenvalue weighted by Crippen LogP contribution is 2.33. The molecule has 1 heterocycles. The number of benzene rings is 2. The number of anilines is 1. The van der Waals surface area contributed by atoms with Crippen LogP contribution in [0.3, 0.4) is 0 Å². The van der Waals surface area contributed by atoms with Crippen molar-refractivity contribution in [2.24, 2.45) is 0 Å². The molecule has 26 heavy (non-hydrogen) atoms. The molecule has 0 fully saturated rings. The van der Waals surface area contributed by atoms with E-state index >= 15 is 0 Å². The molecule has 0 saturated carbocycles. The minimum Gasteiger partial charge on any atom is -0.361 e. The summed E-state index contributed by atoms with van der Waals surface area (Å²) in [6.45, 7) is 3.82. The fraction of sp³-hybridized carbons (Fsp3) is 0.200. The predicted molar refractivity (Wildman–Crippen MR) is 108 cm³/mol. The maximum Gasteiger partial charge on any atom is 0.234 e. The van der Waals surface area contributed by atoms with Crippen molar-refractivity contribution in [2.45, 2.75) is 29.4 Å². The highest BCUT2D eigenvalue weighted by Gasteiger charge is 2.11. The van der Waals surface area contributed by atoms with Crippen LogP contribution in [0.4, 0.5) is 5.69 Å². The lowest BCUT2D eigenvalue weighted by Crippen LogP contribution is -2.14. The smallest absolute Gasteiger partial charge is 0.234 e. The number of nitrogens with zero attached hydrogens (tertiary/aromatic N) is 1. The molecule has 1 amide bonds. The molecule has 134 valence electrons. The van der Waals surface area contributed by atoms with Crippen molar-refractivity contribution in [2.75, 3.05) is 11.1 Å². The predicted octanol–water partition coefficient (Wildman–Crippen LogP) is 5.31.